The Bertz CT molecular complexity index is 600. The highest BCUT2D eigenvalue weighted by atomic mass is 32.1. The average molecular weight is 307 g/mol. The van der Waals surface area contributed by atoms with E-state index in [2.05, 4.69) is 31.1 Å². The molecule has 3 amide bonds. The summed E-state index contributed by atoms with van der Waals surface area (Å²) in [5.41, 5.74) is 0.273. The van der Waals surface area contributed by atoms with Crippen LogP contribution in [0, 0.1) is 5.92 Å². The number of carbonyl (C=O) groups excluding carboxylic acids is 2. The molecule has 1 aromatic heterocycles. The van der Waals surface area contributed by atoms with Gasteiger partial charge in [-0.1, -0.05) is 20.8 Å². The first-order valence-corrected chi connectivity index (χ1v) is 8.19. The first-order chi connectivity index (χ1) is 9.72. The summed E-state index contributed by atoms with van der Waals surface area (Å²) in [5.74, 6) is 0.183. The van der Waals surface area contributed by atoms with Gasteiger partial charge >= 0.3 is 6.03 Å². The molecule has 1 aliphatic carbocycles. The molecule has 2 aliphatic rings. The molecule has 1 saturated carbocycles. The maximum absolute atomic E-state index is 12.5. The molecule has 21 heavy (non-hydrogen) atoms. The highest BCUT2D eigenvalue weighted by molar-refractivity contribution is 7.09. The Morgan fingerprint density at radius 1 is 1.43 bits per heavy atom. The second-order valence-corrected chi connectivity index (χ2v) is 8.12. The number of thiazole rings is 1. The number of nitrogens with zero attached hydrogens (tertiary/aromatic N) is 2. The van der Waals surface area contributed by atoms with E-state index < -0.39 is 5.54 Å². The van der Waals surface area contributed by atoms with Crippen molar-refractivity contribution in [3.63, 3.8) is 0 Å². The van der Waals surface area contributed by atoms with E-state index in [9.17, 15) is 9.59 Å². The van der Waals surface area contributed by atoms with E-state index in [0.717, 1.165) is 23.5 Å². The highest BCUT2D eigenvalue weighted by Gasteiger charge is 2.56. The van der Waals surface area contributed by atoms with E-state index in [0.29, 0.717) is 5.92 Å². The summed E-state index contributed by atoms with van der Waals surface area (Å²) in [7, 11) is 0. The molecule has 114 valence electrons. The molecule has 0 radical (unpaired) electrons. The molecule has 0 spiro atoms. The molecule has 1 aromatic rings. The minimum Gasteiger partial charge on any atom is -0.323 e. The van der Waals surface area contributed by atoms with Gasteiger partial charge in [0.15, 0.2) is 0 Å². The first-order valence-electron chi connectivity index (χ1n) is 7.31. The van der Waals surface area contributed by atoms with Crippen molar-refractivity contribution in [2.24, 2.45) is 5.92 Å². The minimum absolute atomic E-state index is 0.0193. The van der Waals surface area contributed by atoms with Gasteiger partial charge in [0.1, 0.15) is 10.5 Å². The molecule has 2 fully saturated rings. The molecule has 3 rings (SSSR count). The lowest BCUT2D eigenvalue weighted by Crippen LogP contribution is -2.46. The predicted molar refractivity (Wildman–Crippen MR) is 81.0 cm³/mol. The Morgan fingerprint density at radius 2 is 2.10 bits per heavy atom. The summed E-state index contributed by atoms with van der Waals surface area (Å²) in [6.45, 7) is 8.41. The maximum Gasteiger partial charge on any atom is 0.325 e. The molecule has 0 bridgehead atoms. The van der Waals surface area contributed by atoms with E-state index in [1.165, 1.54) is 16.2 Å². The summed E-state index contributed by atoms with van der Waals surface area (Å²) in [4.78, 5) is 30.5. The third kappa shape index (κ3) is 2.46. The fourth-order valence-electron chi connectivity index (χ4n) is 2.66. The third-order valence-electron chi connectivity index (χ3n) is 4.31. The van der Waals surface area contributed by atoms with Crippen molar-refractivity contribution in [1.82, 2.24) is 15.2 Å². The maximum atomic E-state index is 12.5. The van der Waals surface area contributed by atoms with Crippen LogP contribution in [0.25, 0.3) is 0 Å². The Labute approximate surface area is 128 Å². The van der Waals surface area contributed by atoms with E-state index in [1.54, 1.807) is 0 Å². The lowest BCUT2D eigenvalue weighted by atomic mass is 9.93. The molecule has 1 atom stereocenters. The SMILES string of the molecule is CC(C)(C)c1csc(CN2C(=O)N[C@](C)(C3CC3)C2=O)n1. The van der Waals surface area contributed by atoms with Crippen molar-refractivity contribution in [1.29, 1.82) is 0 Å². The van der Waals surface area contributed by atoms with Gasteiger partial charge in [0, 0.05) is 10.8 Å². The number of carbonyl (C=O) groups is 2. The van der Waals surface area contributed by atoms with Gasteiger partial charge in [-0.3, -0.25) is 9.69 Å². The van der Waals surface area contributed by atoms with Crippen LogP contribution in [0.3, 0.4) is 0 Å². The zero-order chi connectivity index (χ0) is 15.4. The second-order valence-electron chi connectivity index (χ2n) is 7.17. The van der Waals surface area contributed by atoms with Gasteiger partial charge in [0.05, 0.1) is 12.2 Å². The number of imide groups is 1. The molecular weight excluding hydrogens is 286 g/mol. The molecule has 1 N–H and O–H groups in total. The summed E-state index contributed by atoms with van der Waals surface area (Å²) >= 11 is 1.51. The standard InChI is InChI=1S/C15H21N3O2S/c1-14(2,3)10-8-21-11(16-10)7-18-12(19)15(4,9-5-6-9)17-13(18)20/h8-9H,5-7H2,1-4H3,(H,17,20)/t15-/m1/s1. The van der Waals surface area contributed by atoms with Crippen molar-refractivity contribution in [3.05, 3.63) is 16.1 Å². The van der Waals surface area contributed by atoms with Crippen LogP contribution in [0.5, 0.6) is 0 Å². The largest absolute Gasteiger partial charge is 0.325 e. The van der Waals surface area contributed by atoms with Gasteiger partial charge in [-0.2, -0.15) is 0 Å². The van der Waals surface area contributed by atoms with Gasteiger partial charge in [0.2, 0.25) is 0 Å². The summed E-state index contributed by atoms with van der Waals surface area (Å²) in [5, 5.41) is 5.68. The van der Waals surface area contributed by atoms with Crippen LogP contribution in [-0.4, -0.2) is 27.4 Å². The molecule has 2 heterocycles. The predicted octanol–water partition coefficient (Wildman–Crippen LogP) is 2.66. The minimum atomic E-state index is -0.707. The van der Waals surface area contributed by atoms with Crippen LogP contribution >= 0.6 is 11.3 Å². The number of urea groups is 1. The lowest BCUT2D eigenvalue weighted by Gasteiger charge is -2.20. The molecule has 1 saturated heterocycles. The number of rotatable bonds is 3. The zero-order valence-corrected chi connectivity index (χ0v) is 13.7. The number of nitrogens with one attached hydrogen (secondary N) is 1. The van der Waals surface area contributed by atoms with Gasteiger partial charge in [-0.05, 0) is 25.7 Å². The van der Waals surface area contributed by atoms with Crippen LogP contribution in [0.4, 0.5) is 4.79 Å². The molecular formula is C15H21N3O2S. The van der Waals surface area contributed by atoms with Gasteiger partial charge in [-0.25, -0.2) is 9.78 Å². The first kappa shape index (κ1) is 14.5. The van der Waals surface area contributed by atoms with Crippen LogP contribution < -0.4 is 5.32 Å². The smallest absolute Gasteiger partial charge is 0.323 e. The molecule has 0 aromatic carbocycles. The van der Waals surface area contributed by atoms with Crippen molar-refractivity contribution in [2.45, 2.75) is 58.0 Å². The van der Waals surface area contributed by atoms with Gasteiger partial charge in [0.25, 0.3) is 5.91 Å². The molecule has 1 aliphatic heterocycles. The Kier molecular flexibility index (Phi) is 3.13. The van der Waals surface area contributed by atoms with E-state index in [1.807, 2.05) is 12.3 Å². The topological polar surface area (TPSA) is 62.3 Å². The van der Waals surface area contributed by atoms with Gasteiger partial charge in [-0.15, -0.1) is 11.3 Å². The Hall–Kier alpha value is -1.43. The van der Waals surface area contributed by atoms with Crippen molar-refractivity contribution < 1.29 is 9.59 Å². The third-order valence-corrected chi connectivity index (χ3v) is 5.14. The Morgan fingerprint density at radius 3 is 2.62 bits per heavy atom. The van der Waals surface area contributed by atoms with Gasteiger partial charge < -0.3 is 5.32 Å². The number of aromatic nitrogens is 1. The number of amides is 3. The van der Waals surface area contributed by atoms with Crippen molar-refractivity contribution >= 4 is 23.3 Å². The quantitative estimate of drug-likeness (QED) is 0.873. The summed E-state index contributed by atoms with van der Waals surface area (Å²) in [6, 6.07) is -0.290. The van der Waals surface area contributed by atoms with Crippen LogP contribution in [0.1, 0.15) is 51.2 Å². The average Bonchev–Trinajstić information content (AvgIpc) is 3.08. The van der Waals surface area contributed by atoms with Crippen LogP contribution in [0.2, 0.25) is 0 Å². The number of hydrogen-bond donors (Lipinski definition) is 1. The van der Waals surface area contributed by atoms with E-state index >= 15 is 0 Å². The lowest BCUT2D eigenvalue weighted by molar-refractivity contribution is -0.131. The van der Waals surface area contributed by atoms with Crippen molar-refractivity contribution in [2.75, 3.05) is 0 Å². The summed E-state index contributed by atoms with van der Waals surface area (Å²) < 4.78 is 0. The zero-order valence-electron chi connectivity index (χ0n) is 12.9. The monoisotopic (exact) mass is 307 g/mol. The Balaban J connectivity index is 1.77. The van der Waals surface area contributed by atoms with Crippen LogP contribution in [0.15, 0.2) is 5.38 Å². The van der Waals surface area contributed by atoms with E-state index in [4.69, 9.17) is 0 Å². The molecule has 6 heteroatoms. The number of hydrogen-bond acceptors (Lipinski definition) is 4. The highest BCUT2D eigenvalue weighted by Crippen LogP contribution is 2.43. The second kappa shape index (κ2) is 4.53. The molecule has 5 nitrogen and oxygen atoms in total. The molecule has 0 unspecified atom stereocenters. The van der Waals surface area contributed by atoms with Crippen molar-refractivity contribution in [3.8, 4) is 0 Å². The normalized spacial score (nSPS) is 26.4. The van der Waals surface area contributed by atoms with Crippen LogP contribution in [-0.2, 0) is 16.8 Å². The summed E-state index contributed by atoms with van der Waals surface area (Å²) in [6.07, 6.45) is 2.03. The fraction of sp³-hybridized carbons (Fsp3) is 0.667. The fourth-order valence-corrected chi connectivity index (χ4v) is 3.67. The van der Waals surface area contributed by atoms with E-state index in [-0.39, 0.29) is 23.9 Å².